The molecule has 0 aliphatic rings. The molecule has 2 nitrogen and oxygen atoms in total. The number of ether oxygens (including phenoxy) is 1. The summed E-state index contributed by atoms with van der Waals surface area (Å²) in [5.41, 5.74) is 4.01. The summed E-state index contributed by atoms with van der Waals surface area (Å²) >= 11 is 0. The summed E-state index contributed by atoms with van der Waals surface area (Å²) in [5.74, 6) is 0.944. The van der Waals surface area contributed by atoms with E-state index in [1.165, 1.54) is 16.7 Å². The van der Waals surface area contributed by atoms with Crippen molar-refractivity contribution in [2.75, 3.05) is 13.7 Å². The molecule has 0 saturated carbocycles. The summed E-state index contributed by atoms with van der Waals surface area (Å²) in [4.78, 5) is 0. The predicted octanol–water partition coefficient (Wildman–Crippen LogP) is 4.35. The largest absolute Gasteiger partial charge is 0.494 e. The summed E-state index contributed by atoms with van der Waals surface area (Å²) in [6.45, 7) is 5.09. The van der Waals surface area contributed by atoms with Crippen LogP contribution >= 0.6 is 0 Å². The van der Waals surface area contributed by atoms with E-state index in [2.05, 4.69) is 67.7 Å². The molecule has 0 saturated heterocycles. The predicted molar refractivity (Wildman–Crippen MR) is 89.0 cm³/mol. The number of benzene rings is 2. The van der Waals surface area contributed by atoms with Crippen molar-refractivity contribution < 1.29 is 4.74 Å². The average molecular weight is 283 g/mol. The lowest BCUT2D eigenvalue weighted by molar-refractivity contribution is 0.317. The molecular formula is C19H25NO. The second-order valence-corrected chi connectivity index (χ2v) is 5.19. The summed E-state index contributed by atoms with van der Waals surface area (Å²) < 4.78 is 5.65. The van der Waals surface area contributed by atoms with Crippen LogP contribution in [0.15, 0.2) is 48.5 Å². The minimum atomic E-state index is 0.223. The van der Waals surface area contributed by atoms with Gasteiger partial charge in [0.2, 0.25) is 0 Å². The Bertz CT molecular complexity index is 548. The fourth-order valence-corrected chi connectivity index (χ4v) is 2.62. The Labute approximate surface area is 128 Å². The van der Waals surface area contributed by atoms with Crippen molar-refractivity contribution in [3.8, 4) is 5.75 Å². The van der Waals surface area contributed by atoms with Gasteiger partial charge >= 0.3 is 0 Å². The van der Waals surface area contributed by atoms with Crippen LogP contribution in [0.25, 0.3) is 0 Å². The first-order valence-corrected chi connectivity index (χ1v) is 7.78. The molecule has 2 aromatic rings. The Kier molecular flexibility index (Phi) is 5.82. The number of hydrogen-bond donors (Lipinski definition) is 1. The van der Waals surface area contributed by atoms with Crippen molar-refractivity contribution >= 4 is 0 Å². The SMILES string of the molecule is CCCOc1ccc(C(NC)c2ccccc2CC)cc1. The van der Waals surface area contributed by atoms with Gasteiger partial charge in [-0.05, 0) is 48.7 Å². The van der Waals surface area contributed by atoms with Crippen molar-refractivity contribution in [2.45, 2.75) is 32.7 Å². The molecule has 1 atom stereocenters. The summed E-state index contributed by atoms with van der Waals surface area (Å²) in [6.07, 6.45) is 2.08. The Morgan fingerprint density at radius 2 is 1.71 bits per heavy atom. The van der Waals surface area contributed by atoms with Gasteiger partial charge in [0.25, 0.3) is 0 Å². The highest BCUT2D eigenvalue weighted by Crippen LogP contribution is 2.26. The van der Waals surface area contributed by atoms with Crippen LogP contribution in [0.3, 0.4) is 0 Å². The topological polar surface area (TPSA) is 21.3 Å². The van der Waals surface area contributed by atoms with Crippen LogP contribution in [0.2, 0.25) is 0 Å². The van der Waals surface area contributed by atoms with E-state index in [9.17, 15) is 0 Å². The monoisotopic (exact) mass is 283 g/mol. The van der Waals surface area contributed by atoms with Gasteiger partial charge in [-0.2, -0.15) is 0 Å². The highest BCUT2D eigenvalue weighted by atomic mass is 16.5. The van der Waals surface area contributed by atoms with Crippen molar-refractivity contribution in [2.24, 2.45) is 0 Å². The third kappa shape index (κ3) is 3.85. The first-order chi connectivity index (χ1) is 10.3. The average Bonchev–Trinajstić information content (AvgIpc) is 2.55. The lowest BCUT2D eigenvalue weighted by Crippen LogP contribution is -2.19. The molecule has 0 spiro atoms. The van der Waals surface area contributed by atoms with E-state index in [-0.39, 0.29) is 6.04 Å². The van der Waals surface area contributed by atoms with Crippen molar-refractivity contribution in [1.82, 2.24) is 5.32 Å². The van der Waals surface area contributed by atoms with E-state index in [1.54, 1.807) is 0 Å². The zero-order chi connectivity index (χ0) is 15.1. The lowest BCUT2D eigenvalue weighted by atomic mass is 9.93. The third-order valence-electron chi connectivity index (χ3n) is 3.72. The molecule has 0 aliphatic carbocycles. The van der Waals surface area contributed by atoms with Crippen molar-refractivity contribution in [3.63, 3.8) is 0 Å². The van der Waals surface area contributed by atoms with Gasteiger partial charge in [-0.25, -0.2) is 0 Å². The highest BCUT2D eigenvalue weighted by molar-refractivity contribution is 5.39. The quantitative estimate of drug-likeness (QED) is 0.816. The van der Waals surface area contributed by atoms with E-state index in [4.69, 9.17) is 4.74 Å². The fourth-order valence-electron chi connectivity index (χ4n) is 2.62. The minimum absolute atomic E-state index is 0.223. The number of aryl methyl sites for hydroxylation is 1. The Morgan fingerprint density at radius 1 is 1.00 bits per heavy atom. The van der Waals surface area contributed by atoms with Crippen LogP contribution in [-0.2, 0) is 6.42 Å². The maximum Gasteiger partial charge on any atom is 0.119 e. The zero-order valence-corrected chi connectivity index (χ0v) is 13.2. The molecule has 0 fully saturated rings. The van der Waals surface area contributed by atoms with Gasteiger partial charge in [0.15, 0.2) is 0 Å². The maximum absolute atomic E-state index is 5.65. The Balaban J connectivity index is 2.24. The molecule has 21 heavy (non-hydrogen) atoms. The molecular weight excluding hydrogens is 258 g/mol. The molecule has 2 aromatic carbocycles. The van der Waals surface area contributed by atoms with Crippen LogP contribution in [0.4, 0.5) is 0 Å². The highest BCUT2D eigenvalue weighted by Gasteiger charge is 2.14. The van der Waals surface area contributed by atoms with E-state index < -0.39 is 0 Å². The first-order valence-electron chi connectivity index (χ1n) is 7.78. The van der Waals surface area contributed by atoms with Gasteiger partial charge in [0.05, 0.1) is 12.6 Å². The maximum atomic E-state index is 5.65. The van der Waals surface area contributed by atoms with Crippen LogP contribution in [0.5, 0.6) is 5.75 Å². The normalized spacial score (nSPS) is 12.1. The van der Waals surface area contributed by atoms with Crippen LogP contribution in [0.1, 0.15) is 43.0 Å². The van der Waals surface area contributed by atoms with E-state index in [0.29, 0.717) is 0 Å². The first kappa shape index (κ1) is 15.6. The molecule has 2 rings (SSSR count). The minimum Gasteiger partial charge on any atom is -0.494 e. The molecule has 2 heteroatoms. The van der Waals surface area contributed by atoms with Gasteiger partial charge < -0.3 is 10.1 Å². The van der Waals surface area contributed by atoms with Crippen molar-refractivity contribution in [3.05, 3.63) is 65.2 Å². The molecule has 0 heterocycles. The van der Waals surface area contributed by atoms with Gasteiger partial charge in [-0.15, -0.1) is 0 Å². The number of hydrogen-bond acceptors (Lipinski definition) is 2. The zero-order valence-electron chi connectivity index (χ0n) is 13.2. The van der Waals surface area contributed by atoms with Crippen LogP contribution in [-0.4, -0.2) is 13.7 Å². The second kappa shape index (κ2) is 7.84. The number of rotatable bonds is 7. The molecule has 0 amide bonds. The Hall–Kier alpha value is -1.80. The van der Waals surface area contributed by atoms with E-state index in [0.717, 1.165) is 25.2 Å². The van der Waals surface area contributed by atoms with Crippen molar-refractivity contribution in [1.29, 1.82) is 0 Å². The molecule has 112 valence electrons. The standard InChI is InChI=1S/C19H25NO/c1-4-14-21-17-12-10-16(11-13-17)19(20-3)18-9-7-6-8-15(18)5-2/h6-13,19-20H,4-5,14H2,1-3H3. The molecule has 0 bridgehead atoms. The van der Waals surface area contributed by atoms with Crippen LogP contribution in [0, 0.1) is 0 Å². The van der Waals surface area contributed by atoms with E-state index >= 15 is 0 Å². The van der Waals surface area contributed by atoms with Gasteiger partial charge in [0.1, 0.15) is 5.75 Å². The smallest absolute Gasteiger partial charge is 0.119 e. The summed E-state index contributed by atoms with van der Waals surface area (Å²) in [5, 5.41) is 3.43. The molecule has 0 radical (unpaired) electrons. The molecule has 1 N–H and O–H groups in total. The number of nitrogens with one attached hydrogen (secondary N) is 1. The van der Waals surface area contributed by atoms with E-state index in [1.807, 2.05) is 7.05 Å². The Morgan fingerprint density at radius 3 is 2.33 bits per heavy atom. The third-order valence-corrected chi connectivity index (χ3v) is 3.72. The van der Waals surface area contributed by atoms with Gasteiger partial charge in [-0.1, -0.05) is 50.2 Å². The second-order valence-electron chi connectivity index (χ2n) is 5.19. The molecule has 0 aromatic heterocycles. The van der Waals surface area contributed by atoms with Gasteiger partial charge in [0, 0.05) is 0 Å². The molecule has 1 unspecified atom stereocenters. The fraction of sp³-hybridized carbons (Fsp3) is 0.368. The summed E-state index contributed by atoms with van der Waals surface area (Å²) in [6, 6.07) is 17.3. The molecule has 0 aliphatic heterocycles. The lowest BCUT2D eigenvalue weighted by Gasteiger charge is -2.20. The summed E-state index contributed by atoms with van der Waals surface area (Å²) in [7, 11) is 2.01. The van der Waals surface area contributed by atoms with Crippen LogP contribution < -0.4 is 10.1 Å². The van der Waals surface area contributed by atoms with Gasteiger partial charge in [-0.3, -0.25) is 0 Å².